The van der Waals surface area contributed by atoms with Crippen LogP contribution < -0.4 is 0 Å². The highest BCUT2D eigenvalue weighted by Gasteiger charge is 2.27. The summed E-state index contributed by atoms with van der Waals surface area (Å²) in [5, 5.41) is 0. The van der Waals surface area contributed by atoms with Gasteiger partial charge in [0.05, 0.1) is 0 Å². The molecule has 0 aromatic carbocycles. The molecule has 82 valence electrons. The monoisotopic (exact) mass is 199 g/mol. The Kier molecular flexibility index (Phi) is 4.94. The summed E-state index contributed by atoms with van der Waals surface area (Å²) in [7, 11) is 0. The van der Waals surface area contributed by atoms with E-state index in [0.29, 0.717) is 0 Å². The van der Waals surface area contributed by atoms with E-state index in [0.717, 1.165) is 45.4 Å². The third-order valence-electron chi connectivity index (χ3n) is 2.50. The molecule has 0 aromatic rings. The Hall–Kier alpha value is -0.570. The van der Waals surface area contributed by atoms with E-state index in [-0.39, 0.29) is 12.0 Å². The molecule has 0 aliphatic carbocycles. The van der Waals surface area contributed by atoms with Crippen molar-refractivity contribution < 1.29 is 9.53 Å². The second-order valence-electron chi connectivity index (χ2n) is 3.83. The van der Waals surface area contributed by atoms with Crippen LogP contribution in [0.3, 0.4) is 0 Å². The van der Waals surface area contributed by atoms with Gasteiger partial charge in [-0.1, -0.05) is 13.8 Å². The molecule has 0 aromatic heterocycles. The molecule has 0 bridgehead atoms. The number of carbonyl (C=O) groups excluding carboxylic acids is 1. The van der Waals surface area contributed by atoms with E-state index >= 15 is 0 Å². The summed E-state index contributed by atoms with van der Waals surface area (Å²) in [5.74, 6) is 0.200. The van der Waals surface area contributed by atoms with Gasteiger partial charge in [0.15, 0.2) is 0 Å². The molecule has 1 rings (SSSR count). The zero-order valence-corrected chi connectivity index (χ0v) is 9.29. The van der Waals surface area contributed by atoms with Crippen LogP contribution in [-0.2, 0) is 9.53 Å². The molecular formula is C11H21NO2. The second kappa shape index (κ2) is 6.02. The van der Waals surface area contributed by atoms with Crippen molar-refractivity contribution in [3.8, 4) is 0 Å². The average molecular weight is 199 g/mol. The normalized spacial score (nSPS) is 21.1. The third-order valence-corrected chi connectivity index (χ3v) is 2.50. The van der Waals surface area contributed by atoms with Crippen LogP contribution in [0.4, 0.5) is 0 Å². The van der Waals surface area contributed by atoms with Crippen molar-refractivity contribution in [3.05, 3.63) is 0 Å². The number of ether oxygens (including phenoxy) is 1. The fourth-order valence-corrected chi connectivity index (χ4v) is 1.85. The topological polar surface area (TPSA) is 29.5 Å². The number of rotatable bonds is 5. The van der Waals surface area contributed by atoms with E-state index in [1.807, 2.05) is 4.90 Å². The number of amides is 1. The van der Waals surface area contributed by atoms with Gasteiger partial charge in [-0.25, -0.2) is 0 Å². The molecule has 1 aliphatic rings. The van der Waals surface area contributed by atoms with Crippen LogP contribution in [0.2, 0.25) is 0 Å². The molecule has 0 radical (unpaired) electrons. The van der Waals surface area contributed by atoms with Crippen molar-refractivity contribution >= 4 is 5.91 Å². The van der Waals surface area contributed by atoms with Gasteiger partial charge in [-0.3, -0.25) is 4.79 Å². The highest BCUT2D eigenvalue weighted by molar-refractivity contribution is 5.81. The molecule has 14 heavy (non-hydrogen) atoms. The molecular weight excluding hydrogens is 178 g/mol. The van der Waals surface area contributed by atoms with E-state index in [2.05, 4.69) is 13.8 Å². The number of hydrogen-bond donors (Lipinski definition) is 0. The molecule has 3 nitrogen and oxygen atoms in total. The predicted molar refractivity (Wildman–Crippen MR) is 56.1 cm³/mol. The molecule has 0 spiro atoms. The largest absolute Gasteiger partial charge is 0.368 e. The third kappa shape index (κ3) is 2.98. The first-order valence-electron chi connectivity index (χ1n) is 5.70. The van der Waals surface area contributed by atoms with Crippen LogP contribution in [0, 0.1) is 0 Å². The Balaban J connectivity index is 2.43. The summed E-state index contributed by atoms with van der Waals surface area (Å²) in [6.45, 7) is 6.69. The van der Waals surface area contributed by atoms with Crippen LogP contribution in [0.1, 0.15) is 39.5 Å². The first-order valence-corrected chi connectivity index (χ1v) is 5.70. The minimum absolute atomic E-state index is 0.145. The Labute approximate surface area is 86.4 Å². The van der Waals surface area contributed by atoms with Crippen molar-refractivity contribution in [3.63, 3.8) is 0 Å². The summed E-state index contributed by atoms with van der Waals surface area (Å²) < 4.78 is 5.40. The molecule has 1 atom stereocenters. The van der Waals surface area contributed by atoms with E-state index in [1.54, 1.807) is 0 Å². The van der Waals surface area contributed by atoms with Crippen LogP contribution in [0.5, 0.6) is 0 Å². The summed E-state index contributed by atoms with van der Waals surface area (Å²) in [6.07, 6.45) is 3.84. The van der Waals surface area contributed by atoms with Gasteiger partial charge in [0.2, 0.25) is 0 Å². The first kappa shape index (κ1) is 11.5. The van der Waals surface area contributed by atoms with Crippen molar-refractivity contribution in [2.75, 3.05) is 19.7 Å². The van der Waals surface area contributed by atoms with Crippen molar-refractivity contribution in [2.45, 2.75) is 45.6 Å². The summed E-state index contributed by atoms with van der Waals surface area (Å²) >= 11 is 0. The zero-order valence-electron chi connectivity index (χ0n) is 9.29. The fraction of sp³-hybridized carbons (Fsp3) is 0.909. The van der Waals surface area contributed by atoms with Gasteiger partial charge in [0.25, 0.3) is 5.91 Å². The SMILES string of the molecule is CCCN(CCC)C(=O)C1CCCO1. The molecule has 0 saturated carbocycles. The van der Waals surface area contributed by atoms with E-state index in [1.165, 1.54) is 0 Å². The molecule has 1 heterocycles. The van der Waals surface area contributed by atoms with Crippen LogP contribution in [0.25, 0.3) is 0 Å². The van der Waals surface area contributed by atoms with Gasteiger partial charge in [-0.05, 0) is 25.7 Å². The lowest BCUT2D eigenvalue weighted by Crippen LogP contribution is -2.39. The lowest BCUT2D eigenvalue weighted by atomic mass is 10.2. The van der Waals surface area contributed by atoms with E-state index in [4.69, 9.17) is 4.74 Å². The number of hydrogen-bond acceptors (Lipinski definition) is 2. The zero-order chi connectivity index (χ0) is 10.4. The molecule has 1 fully saturated rings. The lowest BCUT2D eigenvalue weighted by molar-refractivity contribution is -0.141. The summed E-state index contributed by atoms with van der Waals surface area (Å²) in [5.41, 5.74) is 0. The molecule has 3 heteroatoms. The van der Waals surface area contributed by atoms with E-state index in [9.17, 15) is 4.79 Å². The molecule has 1 amide bonds. The van der Waals surface area contributed by atoms with Gasteiger partial charge in [-0.15, -0.1) is 0 Å². The quantitative estimate of drug-likeness (QED) is 0.676. The van der Waals surface area contributed by atoms with Gasteiger partial charge in [-0.2, -0.15) is 0 Å². The average Bonchev–Trinajstić information content (AvgIpc) is 2.69. The van der Waals surface area contributed by atoms with Crippen LogP contribution in [-0.4, -0.2) is 36.6 Å². The van der Waals surface area contributed by atoms with Crippen LogP contribution in [0.15, 0.2) is 0 Å². The summed E-state index contributed by atoms with van der Waals surface area (Å²) in [4.78, 5) is 13.9. The van der Waals surface area contributed by atoms with Crippen molar-refractivity contribution in [2.24, 2.45) is 0 Å². The summed E-state index contributed by atoms with van der Waals surface area (Å²) in [6, 6.07) is 0. The van der Waals surface area contributed by atoms with E-state index < -0.39 is 0 Å². The fourth-order valence-electron chi connectivity index (χ4n) is 1.85. The van der Waals surface area contributed by atoms with Gasteiger partial charge >= 0.3 is 0 Å². The molecule has 1 aliphatic heterocycles. The standard InChI is InChI=1S/C11H21NO2/c1-3-7-12(8-4-2)11(13)10-6-5-9-14-10/h10H,3-9H2,1-2H3. The van der Waals surface area contributed by atoms with Gasteiger partial charge in [0.1, 0.15) is 6.10 Å². The second-order valence-corrected chi connectivity index (χ2v) is 3.83. The maximum absolute atomic E-state index is 11.9. The maximum Gasteiger partial charge on any atom is 0.251 e. The maximum atomic E-state index is 11.9. The number of carbonyl (C=O) groups is 1. The van der Waals surface area contributed by atoms with Crippen molar-refractivity contribution in [1.82, 2.24) is 4.90 Å². The first-order chi connectivity index (χ1) is 6.79. The Morgan fingerprint density at radius 2 is 2.00 bits per heavy atom. The van der Waals surface area contributed by atoms with Gasteiger partial charge < -0.3 is 9.64 Å². The molecule has 1 saturated heterocycles. The molecule has 0 N–H and O–H groups in total. The highest BCUT2D eigenvalue weighted by atomic mass is 16.5. The lowest BCUT2D eigenvalue weighted by Gasteiger charge is -2.24. The smallest absolute Gasteiger partial charge is 0.251 e. The van der Waals surface area contributed by atoms with Crippen LogP contribution >= 0.6 is 0 Å². The molecule has 1 unspecified atom stereocenters. The minimum atomic E-state index is -0.145. The highest BCUT2D eigenvalue weighted by Crippen LogP contribution is 2.15. The predicted octanol–water partition coefficient (Wildman–Crippen LogP) is 1.81. The Morgan fingerprint density at radius 3 is 2.43 bits per heavy atom. The van der Waals surface area contributed by atoms with Gasteiger partial charge in [0, 0.05) is 19.7 Å². The Morgan fingerprint density at radius 1 is 1.36 bits per heavy atom. The van der Waals surface area contributed by atoms with Crippen molar-refractivity contribution in [1.29, 1.82) is 0 Å². The minimum Gasteiger partial charge on any atom is -0.368 e. The Bertz CT molecular complexity index is 170. The number of nitrogens with zero attached hydrogens (tertiary/aromatic N) is 1.